The summed E-state index contributed by atoms with van der Waals surface area (Å²) in [6.45, 7) is 10.7. The van der Waals surface area contributed by atoms with Crippen molar-refractivity contribution in [2.75, 3.05) is 39.8 Å². The van der Waals surface area contributed by atoms with E-state index >= 15 is 0 Å². The Labute approximate surface area is 178 Å². The highest BCUT2D eigenvalue weighted by atomic mass is 16.6. The van der Waals surface area contributed by atoms with Gasteiger partial charge in [-0.3, -0.25) is 4.90 Å². The van der Waals surface area contributed by atoms with Gasteiger partial charge in [-0.05, 0) is 47.2 Å². The number of hydrogen-bond donors (Lipinski definition) is 2. The Hall–Kier alpha value is -1.97. The number of hydrogen-bond acceptors (Lipinski definition) is 8. The fraction of sp³-hybridized carbons (Fsp3) is 0.762. The van der Waals surface area contributed by atoms with Crippen molar-refractivity contribution in [2.24, 2.45) is 0 Å². The van der Waals surface area contributed by atoms with Crippen molar-refractivity contribution in [1.82, 2.24) is 30.4 Å². The van der Waals surface area contributed by atoms with Gasteiger partial charge in [0.15, 0.2) is 0 Å². The van der Waals surface area contributed by atoms with E-state index in [1.807, 2.05) is 20.8 Å². The largest absolute Gasteiger partial charge is 0.462 e. The van der Waals surface area contributed by atoms with E-state index in [1.54, 1.807) is 4.90 Å². The fourth-order valence-electron chi connectivity index (χ4n) is 4.36. The topological polar surface area (TPSA) is 91.9 Å². The Bertz CT molecular complexity index is 781. The highest BCUT2D eigenvalue weighted by molar-refractivity contribution is 5.69. The summed E-state index contributed by atoms with van der Waals surface area (Å²) in [6.07, 6.45) is 2.03. The number of aromatic nitrogens is 2. The summed E-state index contributed by atoms with van der Waals surface area (Å²) in [6, 6.07) is 0.599. The van der Waals surface area contributed by atoms with Gasteiger partial charge >= 0.3 is 12.1 Å². The van der Waals surface area contributed by atoms with Crippen molar-refractivity contribution in [2.45, 2.75) is 64.4 Å². The molecule has 3 aliphatic rings. The highest BCUT2D eigenvalue weighted by Crippen LogP contribution is 2.30. The molecule has 1 aromatic rings. The first kappa shape index (κ1) is 21.3. The molecule has 3 aliphatic heterocycles. The number of carbonyl (C=O) groups is 1. The second-order valence-corrected chi connectivity index (χ2v) is 9.40. The van der Waals surface area contributed by atoms with Crippen LogP contribution in [0.2, 0.25) is 0 Å². The van der Waals surface area contributed by atoms with E-state index < -0.39 is 5.60 Å². The summed E-state index contributed by atoms with van der Waals surface area (Å²) in [5.74, 6) is 0. The molecule has 30 heavy (non-hydrogen) atoms. The standard InChI is InChI=1S/C21H34N6O3/c1-21(2,3)30-20(28)27-9-7-22-12-17(27)18-15-10-23-11-16(15)24-19(25-18)29-13-14-6-5-8-26(14)4/h14,17,22-23H,5-13H2,1-4H3. The second-order valence-electron chi connectivity index (χ2n) is 9.40. The summed E-state index contributed by atoms with van der Waals surface area (Å²) < 4.78 is 11.7. The summed E-state index contributed by atoms with van der Waals surface area (Å²) >= 11 is 0. The number of likely N-dealkylation sites (N-methyl/N-ethyl adjacent to an activating group) is 1. The van der Waals surface area contributed by atoms with Crippen LogP contribution in [-0.4, -0.2) is 77.3 Å². The van der Waals surface area contributed by atoms with Crippen LogP contribution in [0.4, 0.5) is 4.79 Å². The number of ether oxygens (including phenoxy) is 2. The molecule has 0 aliphatic carbocycles. The lowest BCUT2D eigenvalue weighted by molar-refractivity contribution is 0.0111. The van der Waals surface area contributed by atoms with Crippen LogP contribution in [0, 0.1) is 0 Å². The van der Waals surface area contributed by atoms with Gasteiger partial charge in [0, 0.05) is 44.3 Å². The molecule has 9 heteroatoms. The molecule has 1 aromatic heterocycles. The zero-order valence-corrected chi connectivity index (χ0v) is 18.5. The van der Waals surface area contributed by atoms with Crippen LogP contribution < -0.4 is 15.4 Å². The van der Waals surface area contributed by atoms with E-state index in [0.29, 0.717) is 44.8 Å². The zero-order valence-electron chi connectivity index (χ0n) is 18.5. The van der Waals surface area contributed by atoms with Crippen LogP contribution in [0.5, 0.6) is 6.01 Å². The first-order chi connectivity index (χ1) is 14.3. The minimum atomic E-state index is -0.538. The number of carbonyl (C=O) groups excluding carboxylic acids is 1. The van der Waals surface area contributed by atoms with Crippen LogP contribution in [0.25, 0.3) is 0 Å². The molecule has 4 heterocycles. The molecule has 2 fully saturated rings. The van der Waals surface area contributed by atoms with E-state index in [9.17, 15) is 4.79 Å². The van der Waals surface area contributed by atoms with E-state index in [0.717, 1.165) is 36.5 Å². The van der Waals surface area contributed by atoms with Crippen molar-refractivity contribution >= 4 is 6.09 Å². The lowest BCUT2D eigenvalue weighted by atomic mass is 10.0. The number of nitrogens with one attached hydrogen (secondary N) is 2. The first-order valence-electron chi connectivity index (χ1n) is 11.0. The van der Waals surface area contributed by atoms with Crippen LogP contribution in [0.3, 0.4) is 0 Å². The zero-order chi connectivity index (χ0) is 21.3. The van der Waals surface area contributed by atoms with E-state index in [2.05, 4.69) is 27.6 Å². The maximum Gasteiger partial charge on any atom is 0.410 e. The SMILES string of the molecule is CN1CCCC1COc1nc2c(c(C3CNCCN3C(=O)OC(C)(C)C)n1)CNC2. The van der Waals surface area contributed by atoms with Gasteiger partial charge in [0.25, 0.3) is 0 Å². The number of fused-ring (bicyclic) bond motifs is 1. The van der Waals surface area contributed by atoms with Crippen LogP contribution in [0.15, 0.2) is 0 Å². The quantitative estimate of drug-likeness (QED) is 0.759. The lowest BCUT2D eigenvalue weighted by Gasteiger charge is -2.37. The molecule has 2 N–H and O–H groups in total. The molecular weight excluding hydrogens is 384 g/mol. The Morgan fingerprint density at radius 2 is 2.03 bits per heavy atom. The molecule has 0 radical (unpaired) electrons. The third-order valence-electron chi connectivity index (χ3n) is 5.96. The molecule has 0 bridgehead atoms. The highest BCUT2D eigenvalue weighted by Gasteiger charge is 2.35. The van der Waals surface area contributed by atoms with Gasteiger partial charge in [-0.25, -0.2) is 4.79 Å². The Morgan fingerprint density at radius 1 is 1.20 bits per heavy atom. The van der Waals surface area contributed by atoms with Crippen molar-refractivity contribution < 1.29 is 14.3 Å². The molecule has 2 saturated heterocycles. The number of rotatable bonds is 4. The van der Waals surface area contributed by atoms with Crippen molar-refractivity contribution in [3.05, 3.63) is 17.0 Å². The van der Waals surface area contributed by atoms with E-state index in [4.69, 9.17) is 14.5 Å². The minimum Gasteiger partial charge on any atom is -0.462 e. The maximum absolute atomic E-state index is 12.9. The third kappa shape index (κ3) is 4.68. The van der Waals surface area contributed by atoms with Crippen LogP contribution >= 0.6 is 0 Å². The Balaban J connectivity index is 1.58. The number of piperazine rings is 1. The van der Waals surface area contributed by atoms with Crippen LogP contribution in [0.1, 0.15) is 56.6 Å². The predicted molar refractivity (Wildman–Crippen MR) is 112 cm³/mol. The van der Waals surface area contributed by atoms with E-state index in [-0.39, 0.29) is 12.1 Å². The molecule has 4 rings (SSSR count). The number of likely N-dealkylation sites (tertiary alicyclic amines) is 1. The van der Waals surface area contributed by atoms with Gasteiger partial charge in [0.2, 0.25) is 0 Å². The lowest BCUT2D eigenvalue weighted by Crippen LogP contribution is -2.50. The van der Waals surface area contributed by atoms with Crippen LogP contribution in [-0.2, 0) is 17.8 Å². The maximum atomic E-state index is 12.9. The minimum absolute atomic E-state index is 0.207. The molecular formula is C21H34N6O3. The van der Waals surface area contributed by atoms with Gasteiger partial charge < -0.3 is 25.0 Å². The fourth-order valence-corrected chi connectivity index (χ4v) is 4.36. The van der Waals surface area contributed by atoms with Crippen molar-refractivity contribution in [3.8, 4) is 6.01 Å². The predicted octanol–water partition coefficient (Wildman–Crippen LogP) is 1.43. The summed E-state index contributed by atoms with van der Waals surface area (Å²) in [5, 5.41) is 6.76. The second kappa shape index (κ2) is 8.64. The van der Waals surface area contributed by atoms with Gasteiger partial charge in [0.05, 0.1) is 17.4 Å². The molecule has 2 unspecified atom stereocenters. The molecule has 0 aromatic carbocycles. The normalized spacial score (nSPS) is 24.7. The summed E-state index contributed by atoms with van der Waals surface area (Å²) in [4.78, 5) is 26.5. The Kier molecular flexibility index (Phi) is 6.13. The summed E-state index contributed by atoms with van der Waals surface area (Å²) in [5.41, 5.74) is 2.36. The average Bonchev–Trinajstić information content (AvgIpc) is 3.33. The summed E-state index contributed by atoms with van der Waals surface area (Å²) in [7, 11) is 2.13. The molecule has 0 spiro atoms. The molecule has 2 atom stereocenters. The molecule has 1 amide bonds. The monoisotopic (exact) mass is 418 g/mol. The third-order valence-corrected chi connectivity index (χ3v) is 5.96. The smallest absolute Gasteiger partial charge is 0.410 e. The number of nitrogens with zero attached hydrogens (tertiary/aromatic N) is 4. The van der Waals surface area contributed by atoms with Gasteiger partial charge in [-0.2, -0.15) is 9.97 Å². The average molecular weight is 419 g/mol. The van der Waals surface area contributed by atoms with E-state index in [1.165, 1.54) is 6.42 Å². The number of amides is 1. The Morgan fingerprint density at radius 3 is 2.77 bits per heavy atom. The van der Waals surface area contributed by atoms with Gasteiger partial charge in [0.1, 0.15) is 12.2 Å². The van der Waals surface area contributed by atoms with Gasteiger partial charge in [-0.15, -0.1) is 0 Å². The molecule has 9 nitrogen and oxygen atoms in total. The first-order valence-corrected chi connectivity index (χ1v) is 11.0. The van der Waals surface area contributed by atoms with Crippen molar-refractivity contribution in [1.29, 1.82) is 0 Å². The van der Waals surface area contributed by atoms with Gasteiger partial charge in [-0.1, -0.05) is 0 Å². The van der Waals surface area contributed by atoms with Crippen molar-refractivity contribution in [3.63, 3.8) is 0 Å². The molecule has 0 saturated carbocycles. The molecule has 166 valence electrons.